The van der Waals surface area contributed by atoms with Crippen molar-refractivity contribution < 1.29 is 9.53 Å². The lowest BCUT2D eigenvalue weighted by Crippen LogP contribution is -2.37. The van der Waals surface area contributed by atoms with E-state index in [1.807, 2.05) is 30.5 Å². The van der Waals surface area contributed by atoms with Crippen LogP contribution in [0.15, 0.2) is 29.2 Å². The molecule has 5 heteroatoms. The molecule has 1 atom stereocenters. The van der Waals surface area contributed by atoms with E-state index in [2.05, 4.69) is 5.32 Å². The van der Waals surface area contributed by atoms with Crippen molar-refractivity contribution in [3.05, 3.63) is 24.3 Å². The molecule has 0 aliphatic carbocycles. The largest absolute Gasteiger partial charge is 0.481 e. The van der Waals surface area contributed by atoms with Gasteiger partial charge in [0.25, 0.3) is 5.91 Å². The molecule has 0 saturated carbocycles. The number of thioether (sulfide) groups is 1. The Morgan fingerprint density at radius 2 is 2.11 bits per heavy atom. The number of carbonyl (C=O) groups excluding carboxylic acids is 1. The number of benzene rings is 1. The molecule has 1 unspecified atom stereocenters. The summed E-state index contributed by atoms with van der Waals surface area (Å²) in [4.78, 5) is 12.8. The highest BCUT2D eigenvalue weighted by Gasteiger charge is 2.13. The molecule has 0 saturated heterocycles. The van der Waals surface area contributed by atoms with Crippen LogP contribution in [0.5, 0.6) is 5.75 Å². The number of carbonyl (C=O) groups is 1. The van der Waals surface area contributed by atoms with Crippen LogP contribution in [-0.2, 0) is 4.79 Å². The van der Waals surface area contributed by atoms with Crippen molar-refractivity contribution in [1.29, 1.82) is 0 Å². The van der Waals surface area contributed by atoms with Crippen LogP contribution in [0.4, 0.5) is 0 Å². The third-order valence-corrected chi connectivity index (χ3v) is 3.17. The molecule has 0 aromatic heterocycles. The summed E-state index contributed by atoms with van der Waals surface area (Å²) in [6.07, 6.45) is 2.30. The lowest BCUT2D eigenvalue weighted by atomic mass is 10.3. The lowest BCUT2D eigenvalue weighted by Gasteiger charge is -2.14. The highest BCUT2D eigenvalue weighted by molar-refractivity contribution is 7.98. The Kier molecular flexibility index (Phi) is 6.60. The molecule has 0 bridgehead atoms. The van der Waals surface area contributed by atoms with Gasteiger partial charge in [-0.25, -0.2) is 0 Å². The predicted octanol–water partition coefficient (Wildman–Crippen LogP) is 1.64. The Morgan fingerprint density at radius 1 is 1.44 bits per heavy atom. The summed E-state index contributed by atoms with van der Waals surface area (Å²) in [5.74, 6) is 0.590. The number of rotatable bonds is 7. The van der Waals surface area contributed by atoms with Crippen molar-refractivity contribution in [2.45, 2.75) is 24.3 Å². The van der Waals surface area contributed by atoms with Crippen LogP contribution in [0, 0.1) is 0 Å². The minimum absolute atomic E-state index is 0.114. The summed E-state index contributed by atoms with van der Waals surface area (Å²) < 4.78 is 5.55. The van der Waals surface area contributed by atoms with E-state index in [0.717, 1.165) is 6.42 Å². The zero-order valence-electron chi connectivity index (χ0n) is 10.8. The zero-order valence-corrected chi connectivity index (χ0v) is 11.6. The summed E-state index contributed by atoms with van der Waals surface area (Å²) in [6.45, 7) is 2.90. The Bertz CT molecular complexity index is 368. The molecule has 0 fully saturated rings. The Morgan fingerprint density at radius 3 is 2.67 bits per heavy atom. The van der Waals surface area contributed by atoms with E-state index in [-0.39, 0.29) is 5.91 Å². The molecule has 3 N–H and O–H groups in total. The second kappa shape index (κ2) is 8.00. The standard InChI is InChI=1S/C13H20N2O2S/c1-10(13(16)15-9-3-8-14)17-11-4-6-12(18-2)7-5-11/h4-7,10H,3,8-9,14H2,1-2H3,(H,15,16). The quantitative estimate of drug-likeness (QED) is 0.583. The third kappa shape index (κ3) is 4.98. The number of hydrogen-bond donors (Lipinski definition) is 2. The van der Waals surface area contributed by atoms with Crippen LogP contribution in [0.25, 0.3) is 0 Å². The van der Waals surface area contributed by atoms with Gasteiger partial charge in [-0.3, -0.25) is 4.79 Å². The maximum Gasteiger partial charge on any atom is 0.260 e. The molecule has 1 rings (SSSR count). The third-order valence-electron chi connectivity index (χ3n) is 2.42. The van der Waals surface area contributed by atoms with Crippen molar-refractivity contribution in [1.82, 2.24) is 5.32 Å². The van der Waals surface area contributed by atoms with Gasteiger partial charge in [0.15, 0.2) is 6.10 Å². The fraction of sp³-hybridized carbons (Fsp3) is 0.462. The van der Waals surface area contributed by atoms with Crippen molar-refractivity contribution in [2.75, 3.05) is 19.3 Å². The lowest BCUT2D eigenvalue weighted by molar-refractivity contribution is -0.127. The molecule has 0 spiro atoms. The van der Waals surface area contributed by atoms with Gasteiger partial charge in [0.05, 0.1) is 0 Å². The molecule has 0 radical (unpaired) electrons. The fourth-order valence-corrected chi connectivity index (χ4v) is 1.78. The van der Waals surface area contributed by atoms with E-state index in [1.54, 1.807) is 18.7 Å². The molecule has 1 amide bonds. The van der Waals surface area contributed by atoms with Gasteiger partial charge >= 0.3 is 0 Å². The molecule has 0 heterocycles. The van der Waals surface area contributed by atoms with Crippen LogP contribution < -0.4 is 15.8 Å². The Hall–Kier alpha value is -1.20. The number of hydrogen-bond acceptors (Lipinski definition) is 4. The first-order valence-corrected chi connectivity index (χ1v) is 7.18. The molecule has 4 nitrogen and oxygen atoms in total. The SMILES string of the molecule is CSc1ccc(OC(C)C(=O)NCCCN)cc1. The first-order chi connectivity index (χ1) is 8.67. The van der Waals surface area contributed by atoms with Gasteiger partial charge in [-0.2, -0.15) is 0 Å². The molecular weight excluding hydrogens is 248 g/mol. The average Bonchev–Trinajstić information content (AvgIpc) is 2.39. The van der Waals surface area contributed by atoms with E-state index >= 15 is 0 Å². The van der Waals surface area contributed by atoms with E-state index < -0.39 is 6.10 Å². The first-order valence-electron chi connectivity index (χ1n) is 5.96. The smallest absolute Gasteiger partial charge is 0.260 e. The van der Waals surface area contributed by atoms with Gasteiger partial charge in [0.2, 0.25) is 0 Å². The van der Waals surface area contributed by atoms with Crippen molar-refractivity contribution >= 4 is 17.7 Å². The monoisotopic (exact) mass is 268 g/mol. The second-order valence-corrected chi connectivity index (χ2v) is 4.75. The summed E-state index contributed by atoms with van der Waals surface area (Å²) in [5.41, 5.74) is 5.36. The summed E-state index contributed by atoms with van der Waals surface area (Å²) in [6, 6.07) is 7.68. The van der Waals surface area contributed by atoms with Crippen LogP contribution in [0.1, 0.15) is 13.3 Å². The predicted molar refractivity (Wildman–Crippen MR) is 75.0 cm³/mol. The maximum atomic E-state index is 11.7. The minimum Gasteiger partial charge on any atom is -0.481 e. The topological polar surface area (TPSA) is 64.3 Å². The molecule has 1 aromatic carbocycles. The number of nitrogens with two attached hydrogens (primary N) is 1. The highest BCUT2D eigenvalue weighted by Crippen LogP contribution is 2.19. The molecule has 18 heavy (non-hydrogen) atoms. The van der Waals surface area contributed by atoms with Crippen molar-refractivity contribution in [2.24, 2.45) is 5.73 Å². The van der Waals surface area contributed by atoms with Crippen LogP contribution >= 0.6 is 11.8 Å². The van der Waals surface area contributed by atoms with Crippen molar-refractivity contribution in [3.63, 3.8) is 0 Å². The average molecular weight is 268 g/mol. The van der Waals surface area contributed by atoms with Gasteiger partial charge in [0.1, 0.15) is 5.75 Å². The molecule has 1 aromatic rings. The first kappa shape index (κ1) is 14.9. The molecular formula is C13H20N2O2S. The molecule has 0 aliphatic heterocycles. The van der Waals surface area contributed by atoms with Gasteiger partial charge in [-0.15, -0.1) is 11.8 Å². The van der Waals surface area contributed by atoms with Gasteiger partial charge in [0, 0.05) is 11.4 Å². The van der Waals surface area contributed by atoms with E-state index in [4.69, 9.17) is 10.5 Å². The zero-order chi connectivity index (χ0) is 13.4. The van der Waals surface area contributed by atoms with Crippen LogP contribution in [-0.4, -0.2) is 31.4 Å². The minimum atomic E-state index is -0.497. The maximum absolute atomic E-state index is 11.7. The van der Waals surface area contributed by atoms with E-state index in [9.17, 15) is 4.79 Å². The number of amides is 1. The fourth-order valence-electron chi connectivity index (χ4n) is 1.37. The second-order valence-electron chi connectivity index (χ2n) is 3.87. The molecule has 0 aliphatic rings. The van der Waals surface area contributed by atoms with Crippen molar-refractivity contribution in [3.8, 4) is 5.75 Å². The van der Waals surface area contributed by atoms with Gasteiger partial charge < -0.3 is 15.8 Å². The van der Waals surface area contributed by atoms with Gasteiger partial charge in [-0.05, 0) is 50.4 Å². The van der Waals surface area contributed by atoms with E-state index in [0.29, 0.717) is 18.8 Å². The number of ether oxygens (including phenoxy) is 1. The molecule has 100 valence electrons. The summed E-state index contributed by atoms with van der Waals surface area (Å²) in [5, 5.41) is 2.78. The van der Waals surface area contributed by atoms with Gasteiger partial charge in [-0.1, -0.05) is 0 Å². The Labute approximate surface area is 112 Å². The summed E-state index contributed by atoms with van der Waals surface area (Å²) in [7, 11) is 0. The highest BCUT2D eigenvalue weighted by atomic mass is 32.2. The number of nitrogens with one attached hydrogen (secondary N) is 1. The van der Waals surface area contributed by atoms with Crippen LogP contribution in [0.2, 0.25) is 0 Å². The Balaban J connectivity index is 2.42. The summed E-state index contributed by atoms with van der Waals surface area (Å²) >= 11 is 1.67. The van der Waals surface area contributed by atoms with E-state index in [1.165, 1.54) is 4.90 Å². The normalized spacial score (nSPS) is 11.9. The van der Waals surface area contributed by atoms with Crippen LogP contribution in [0.3, 0.4) is 0 Å².